The van der Waals surface area contributed by atoms with Crippen molar-refractivity contribution in [3.8, 4) is 5.75 Å². The number of phenols is 1. The summed E-state index contributed by atoms with van der Waals surface area (Å²) in [5.74, 6) is -1.24. The molecule has 0 aliphatic carbocycles. The zero-order chi connectivity index (χ0) is 17.8. The van der Waals surface area contributed by atoms with Crippen LogP contribution in [0.3, 0.4) is 0 Å². The van der Waals surface area contributed by atoms with Gasteiger partial charge < -0.3 is 19.0 Å². The van der Waals surface area contributed by atoms with E-state index in [1.54, 1.807) is 37.3 Å². The van der Waals surface area contributed by atoms with Gasteiger partial charge in [-0.2, -0.15) is 0 Å². The summed E-state index contributed by atoms with van der Waals surface area (Å²) in [5, 5.41) is 10.1. The fourth-order valence-corrected chi connectivity index (χ4v) is 2.46. The topological polar surface area (TPSA) is 86.0 Å². The lowest BCUT2D eigenvalue weighted by atomic mass is 10.1. The van der Waals surface area contributed by atoms with Crippen molar-refractivity contribution in [1.29, 1.82) is 0 Å². The largest absolute Gasteiger partial charge is 0.508 e. The van der Waals surface area contributed by atoms with Crippen LogP contribution < -0.4 is 0 Å². The highest BCUT2D eigenvalue weighted by Gasteiger charge is 2.23. The molecular weight excluding hydrogens is 324 g/mol. The molecular formula is C19H16O6. The van der Waals surface area contributed by atoms with Gasteiger partial charge in [-0.05, 0) is 31.2 Å². The maximum absolute atomic E-state index is 12.2. The molecule has 0 amide bonds. The molecule has 25 heavy (non-hydrogen) atoms. The highest BCUT2D eigenvalue weighted by Crippen LogP contribution is 2.27. The number of hydrogen-bond donors (Lipinski definition) is 1. The third kappa shape index (κ3) is 3.47. The molecule has 0 bridgehead atoms. The first-order valence-electron chi connectivity index (χ1n) is 7.74. The minimum Gasteiger partial charge on any atom is -0.508 e. The Morgan fingerprint density at radius 1 is 1.04 bits per heavy atom. The van der Waals surface area contributed by atoms with Crippen molar-refractivity contribution >= 4 is 22.9 Å². The SMILES string of the molecule is CCOC(=O)c1oc2ccccc2c1COC(=O)c1cccc(O)c1. The maximum Gasteiger partial charge on any atom is 0.374 e. The summed E-state index contributed by atoms with van der Waals surface area (Å²) in [7, 11) is 0. The normalized spacial score (nSPS) is 10.6. The smallest absolute Gasteiger partial charge is 0.374 e. The molecule has 0 atom stereocenters. The number of hydrogen-bond acceptors (Lipinski definition) is 6. The predicted octanol–water partition coefficient (Wildman–Crippen LogP) is 3.67. The van der Waals surface area contributed by atoms with Crippen LogP contribution in [0.2, 0.25) is 0 Å². The van der Waals surface area contributed by atoms with Gasteiger partial charge in [0.25, 0.3) is 0 Å². The quantitative estimate of drug-likeness (QED) is 0.713. The summed E-state index contributed by atoms with van der Waals surface area (Å²) in [6, 6.07) is 12.9. The number of ether oxygens (including phenoxy) is 2. The van der Waals surface area contributed by atoms with Crippen molar-refractivity contribution in [3.05, 3.63) is 65.4 Å². The average Bonchev–Trinajstić information content (AvgIpc) is 2.98. The zero-order valence-electron chi connectivity index (χ0n) is 13.5. The number of benzene rings is 2. The summed E-state index contributed by atoms with van der Waals surface area (Å²) in [5.41, 5.74) is 1.17. The van der Waals surface area contributed by atoms with Crippen LogP contribution in [-0.4, -0.2) is 23.7 Å². The van der Waals surface area contributed by atoms with Gasteiger partial charge in [0.15, 0.2) is 0 Å². The second kappa shape index (κ2) is 7.09. The van der Waals surface area contributed by atoms with Gasteiger partial charge in [-0.3, -0.25) is 0 Å². The van der Waals surface area contributed by atoms with Crippen LogP contribution >= 0.6 is 0 Å². The van der Waals surface area contributed by atoms with E-state index in [-0.39, 0.29) is 30.3 Å². The van der Waals surface area contributed by atoms with Gasteiger partial charge in [0.05, 0.1) is 17.7 Å². The highest BCUT2D eigenvalue weighted by atomic mass is 16.5. The number of para-hydroxylation sites is 1. The third-order valence-corrected chi connectivity index (χ3v) is 3.59. The molecule has 0 unspecified atom stereocenters. The first-order chi connectivity index (χ1) is 12.1. The van der Waals surface area contributed by atoms with Crippen LogP contribution in [-0.2, 0) is 16.1 Å². The summed E-state index contributed by atoms with van der Waals surface area (Å²) < 4.78 is 15.9. The van der Waals surface area contributed by atoms with Gasteiger partial charge in [0.2, 0.25) is 5.76 Å². The van der Waals surface area contributed by atoms with Crippen LogP contribution in [0.25, 0.3) is 11.0 Å². The number of carbonyl (C=O) groups excluding carboxylic acids is 2. The van der Waals surface area contributed by atoms with Gasteiger partial charge in [-0.15, -0.1) is 0 Å². The van der Waals surface area contributed by atoms with E-state index in [0.29, 0.717) is 16.5 Å². The number of aromatic hydroxyl groups is 1. The van der Waals surface area contributed by atoms with Gasteiger partial charge in [-0.1, -0.05) is 24.3 Å². The van der Waals surface area contributed by atoms with Crippen LogP contribution in [0, 0.1) is 0 Å². The molecule has 1 heterocycles. The molecule has 1 N–H and O–H groups in total. The monoisotopic (exact) mass is 340 g/mol. The van der Waals surface area contributed by atoms with Crippen molar-refractivity contribution in [2.45, 2.75) is 13.5 Å². The van der Waals surface area contributed by atoms with Gasteiger partial charge in [0.1, 0.15) is 17.9 Å². The van der Waals surface area contributed by atoms with Crippen molar-refractivity contribution in [3.63, 3.8) is 0 Å². The number of furan rings is 1. The van der Waals surface area contributed by atoms with E-state index in [1.807, 2.05) is 0 Å². The summed E-state index contributed by atoms with van der Waals surface area (Å²) in [6.07, 6.45) is 0. The minimum atomic E-state index is -0.615. The second-order valence-corrected chi connectivity index (χ2v) is 5.25. The summed E-state index contributed by atoms with van der Waals surface area (Å²) in [4.78, 5) is 24.3. The molecule has 3 rings (SSSR count). The molecule has 2 aromatic carbocycles. The minimum absolute atomic E-state index is 0.0201. The van der Waals surface area contributed by atoms with Gasteiger partial charge in [-0.25, -0.2) is 9.59 Å². The molecule has 0 aliphatic heterocycles. The number of carbonyl (C=O) groups is 2. The van der Waals surface area contributed by atoms with Crippen molar-refractivity contribution in [1.82, 2.24) is 0 Å². The van der Waals surface area contributed by atoms with E-state index >= 15 is 0 Å². The van der Waals surface area contributed by atoms with E-state index in [0.717, 1.165) is 0 Å². The van der Waals surface area contributed by atoms with Crippen LogP contribution in [0.4, 0.5) is 0 Å². The van der Waals surface area contributed by atoms with Crippen LogP contribution in [0.15, 0.2) is 52.9 Å². The van der Waals surface area contributed by atoms with E-state index in [9.17, 15) is 14.7 Å². The van der Waals surface area contributed by atoms with Crippen molar-refractivity contribution in [2.24, 2.45) is 0 Å². The van der Waals surface area contributed by atoms with Crippen molar-refractivity contribution < 1.29 is 28.6 Å². The molecule has 6 nitrogen and oxygen atoms in total. The van der Waals surface area contributed by atoms with Gasteiger partial charge in [0, 0.05) is 5.39 Å². The van der Waals surface area contributed by atoms with Crippen molar-refractivity contribution in [2.75, 3.05) is 6.61 Å². The molecule has 128 valence electrons. The lowest BCUT2D eigenvalue weighted by Gasteiger charge is -2.06. The van der Waals surface area contributed by atoms with Crippen LogP contribution in [0.1, 0.15) is 33.4 Å². The van der Waals surface area contributed by atoms with E-state index in [4.69, 9.17) is 13.9 Å². The fourth-order valence-electron chi connectivity index (χ4n) is 2.46. The fraction of sp³-hybridized carbons (Fsp3) is 0.158. The van der Waals surface area contributed by atoms with E-state index in [1.165, 1.54) is 18.2 Å². The number of esters is 2. The zero-order valence-corrected chi connectivity index (χ0v) is 13.5. The summed E-state index contributed by atoms with van der Waals surface area (Å²) in [6.45, 7) is 1.75. The van der Waals surface area contributed by atoms with Gasteiger partial charge >= 0.3 is 11.9 Å². The number of fused-ring (bicyclic) bond motifs is 1. The average molecular weight is 340 g/mol. The first kappa shape index (κ1) is 16.6. The van der Waals surface area contributed by atoms with E-state index in [2.05, 4.69) is 0 Å². The summed E-state index contributed by atoms with van der Waals surface area (Å²) >= 11 is 0. The molecule has 0 fully saturated rings. The Bertz CT molecular complexity index is 925. The molecule has 0 aliphatic rings. The Morgan fingerprint density at radius 3 is 2.60 bits per heavy atom. The predicted molar refractivity (Wildman–Crippen MR) is 89.4 cm³/mol. The Labute approximate surface area is 143 Å². The lowest BCUT2D eigenvalue weighted by molar-refractivity contribution is 0.0435. The maximum atomic E-state index is 12.2. The molecule has 0 saturated carbocycles. The Balaban J connectivity index is 1.88. The number of rotatable bonds is 5. The Morgan fingerprint density at radius 2 is 1.84 bits per heavy atom. The standard InChI is InChI=1S/C19H16O6/c1-2-23-19(22)17-15(14-8-3-4-9-16(14)25-17)11-24-18(21)12-6-5-7-13(20)10-12/h3-10,20H,2,11H2,1H3. The number of phenolic OH excluding ortho intramolecular Hbond substituents is 1. The third-order valence-electron chi connectivity index (χ3n) is 3.59. The molecule has 3 aromatic rings. The molecule has 1 aromatic heterocycles. The van der Waals surface area contributed by atoms with Crippen LogP contribution in [0.5, 0.6) is 5.75 Å². The first-order valence-corrected chi connectivity index (χ1v) is 7.74. The molecule has 6 heteroatoms. The Kier molecular flexibility index (Phi) is 4.70. The highest BCUT2D eigenvalue weighted by molar-refractivity contribution is 5.96. The van der Waals surface area contributed by atoms with E-state index < -0.39 is 11.9 Å². The molecule has 0 saturated heterocycles. The Hall–Kier alpha value is -3.28. The molecule has 0 radical (unpaired) electrons. The lowest BCUT2D eigenvalue weighted by Crippen LogP contribution is -2.09. The second-order valence-electron chi connectivity index (χ2n) is 5.25. The molecule has 0 spiro atoms.